The van der Waals surface area contributed by atoms with Gasteiger partial charge in [0.15, 0.2) is 6.29 Å². The van der Waals surface area contributed by atoms with Crippen molar-refractivity contribution in [1.29, 1.82) is 0 Å². The number of ether oxygens (including phenoxy) is 2. The maximum absolute atomic E-state index is 8.28. The predicted octanol–water partition coefficient (Wildman–Crippen LogP) is -0.405. The fraction of sp³-hybridized carbons (Fsp3) is 1.00. The summed E-state index contributed by atoms with van der Waals surface area (Å²) in [6, 6.07) is 0. The van der Waals surface area contributed by atoms with Crippen LogP contribution >= 0.6 is 0 Å². The molecule has 0 saturated carbocycles. The summed E-state index contributed by atoms with van der Waals surface area (Å²) in [5.41, 5.74) is 0. The van der Waals surface area contributed by atoms with Gasteiger partial charge in [0.05, 0.1) is 6.61 Å². The van der Waals surface area contributed by atoms with Gasteiger partial charge in [-0.15, -0.1) is 0 Å². The van der Waals surface area contributed by atoms with E-state index in [4.69, 9.17) is 5.11 Å². The summed E-state index contributed by atoms with van der Waals surface area (Å²) in [6.07, 6.45) is -0.458. The zero-order chi connectivity index (χ0) is 5.70. The number of hydrogen-bond donors (Lipinski definition) is 1. The molecule has 0 unspecified atom stereocenters. The molecule has 0 heterocycles. The molecule has 0 bridgehead atoms. The minimum atomic E-state index is -0.458. The molecular formula is C4H10O3Zn. The van der Waals surface area contributed by atoms with E-state index >= 15 is 0 Å². The summed E-state index contributed by atoms with van der Waals surface area (Å²) < 4.78 is 9.15. The Morgan fingerprint density at radius 2 is 1.75 bits per heavy atom. The number of aliphatic hydroxyl groups is 1. The number of aliphatic hydroxyl groups excluding tert-OH is 1. The van der Waals surface area contributed by atoms with Crippen LogP contribution in [0.4, 0.5) is 0 Å². The first kappa shape index (κ1) is 11.3. The second kappa shape index (κ2) is 7.50. The van der Waals surface area contributed by atoms with Gasteiger partial charge in [-0.1, -0.05) is 0 Å². The van der Waals surface area contributed by atoms with Crippen molar-refractivity contribution in [3.63, 3.8) is 0 Å². The molecule has 0 saturated heterocycles. The Kier molecular flexibility index (Phi) is 10.6. The Labute approximate surface area is 61.7 Å². The Bertz CT molecular complexity index is 32.8. The zero-order valence-corrected chi connectivity index (χ0v) is 8.22. The van der Waals surface area contributed by atoms with Gasteiger partial charge >= 0.3 is 0 Å². The first-order valence-electron chi connectivity index (χ1n) is 2.01. The number of methoxy groups -OCH3 is 2. The molecule has 46 valence electrons. The van der Waals surface area contributed by atoms with E-state index in [9.17, 15) is 0 Å². The minimum absolute atomic E-state index is 0. The molecule has 0 aliphatic heterocycles. The van der Waals surface area contributed by atoms with E-state index in [1.54, 1.807) is 0 Å². The van der Waals surface area contributed by atoms with Crippen LogP contribution in [0.25, 0.3) is 0 Å². The van der Waals surface area contributed by atoms with Gasteiger partial charge in [0.25, 0.3) is 0 Å². The van der Waals surface area contributed by atoms with Crippen molar-refractivity contribution >= 4 is 0 Å². The maximum atomic E-state index is 8.28. The Morgan fingerprint density at radius 3 is 1.75 bits per heavy atom. The minimum Gasteiger partial charge on any atom is -0.391 e. The van der Waals surface area contributed by atoms with Crippen molar-refractivity contribution in [1.82, 2.24) is 0 Å². The van der Waals surface area contributed by atoms with Gasteiger partial charge in [0.1, 0.15) is 0 Å². The van der Waals surface area contributed by atoms with Gasteiger partial charge in [0, 0.05) is 33.7 Å². The van der Waals surface area contributed by atoms with Crippen LogP contribution in [0.3, 0.4) is 0 Å². The smallest absolute Gasteiger partial charge is 0.179 e. The van der Waals surface area contributed by atoms with Crippen molar-refractivity contribution in [2.45, 2.75) is 6.29 Å². The van der Waals surface area contributed by atoms with Gasteiger partial charge in [-0.05, 0) is 0 Å². The molecule has 0 amide bonds. The molecule has 3 nitrogen and oxygen atoms in total. The van der Waals surface area contributed by atoms with Gasteiger partial charge in [-0.3, -0.25) is 0 Å². The van der Waals surface area contributed by atoms with E-state index in [1.807, 2.05) is 0 Å². The van der Waals surface area contributed by atoms with Crippen LogP contribution in [0.2, 0.25) is 0 Å². The molecule has 0 aromatic heterocycles. The fourth-order valence-corrected chi connectivity index (χ4v) is 0.245. The summed E-state index contributed by atoms with van der Waals surface area (Å²) in [5, 5.41) is 8.28. The molecule has 0 atom stereocenters. The van der Waals surface area contributed by atoms with Gasteiger partial charge in [0.2, 0.25) is 0 Å². The standard InChI is InChI=1S/C4H10O3.Zn/c1-6-4(3-5)7-2;/h4-5H,3H2,1-2H3;. The van der Waals surface area contributed by atoms with Crippen LogP contribution in [0, 0.1) is 0 Å². The summed E-state index contributed by atoms with van der Waals surface area (Å²) >= 11 is 0. The fourth-order valence-electron chi connectivity index (χ4n) is 0.245. The molecule has 1 N–H and O–H groups in total. The van der Waals surface area contributed by atoms with Crippen LogP contribution in [-0.4, -0.2) is 32.2 Å². The second-order valence-electron chi connectivity index (χ2n) is 1.08. The van der Waals surface area contributed by atoms with Crippen LogP contribution in [0.5, 0.6) is 0 Å². The SMILES string of the molecule is COC(CO)OC.[Zn]. The zero-order valence-electron chi connectivity index (χ0n) is 5.26. The molecule has 0 fully saturated rings. The van der Waals surface area contributed by atoms with E-state index in [-0.39, 0.29) is 26.1 Å². The first-order chi connectivity index (χ1) is 3.35. The Balaban J connectivity index is 0. The molecule has 0 aromatic carbocycles. The van der Waals surface area contributed by atoms with Gasteiger partial charge in [-0.2, -0.15) is 0 Å². The van der Waals surface area contributed by atoms with E-state index in [2.05, 4.69) is 9.47 Å². The second-order valence-corrected chi connectivity index (χ2v) is 1.08. The van der Waals surface area contributed by atoms with Crippen LogP contribution < -0.4 is 0 Å². The number of hydrogen-bond acceptors (Lipinski definition) is 3. The summed E-state index contributed by atoms with van der Waals surface area (Å²) in [7, 11) is 2.95. The Morgan fingerprint density at radius 1 is 1.38 bits per heavy atom. The number of rotatable bonds is 3. The van der Waals surface area contributed by atoms with Crippen molar-refractivity contribution in [2.24, 2.45) is 0 Å². The molecular weight excluding hydrogens is 161 g/mol. The predicted molar refractivity (Wildman–Crippen MR) is 24.9 cm³/mol. The van der Waals surface area contributed by atoms with Gasteiger partial charge in [-0.25, -0.2) is 0 Å². The van der Waals surface area contributed by atoms with Crippen molar-refractivity contribution < 1.29 is 34.1 Å². The van der Waals surface area contributed by atoms with Crippen molar-refractivity contribution in [3.05, 3.63) is 0 Å². The van der Waals surface area contributed by atoms with Gasteiger partial charge < -0.3 is 14.6 Å². The summed E-state index contributed by atoms with van der Waals surface area (Å²) in [5.74, 6) is 0. The normalized spacial score (nSPS) is 9.00. The van der Waals surface area contributed by atoms with E-state index < -0.39 is 6.29 Å². The monoisotopic (exact) mass is 170 g/mol. The topological polar surface area (TPSA) is 38.7 Å². The molecule has 0 radical (unpaired) electrons. The Hall–Kier alpha value is 0.503. The maximum Gasteiger partial charge on any atom is 0.179 e. The molecule has 0 aromatic rings. The van der Waals surface area contributed by atoms with Crippen LogP contribution in [0.1, 0.15) is 0 Å². The van der Waals surface area contributed by atoms with Crippen LogP contribution in [-0.2, 0) is 29.0 Å². The molecule has 0 aliphatic carbocycles. The molecule has 0 aliphatic rings. The van der Waals surface area contributed by atoms with E-state index in [0.717, 1.165) is 0 Å². The third kappa shape index (κ3) is 4.66. The molecule has 0 spiro atoms. The average Bonchev–Trinajstić information content (AvgIpc) is 1.72. The largest absolute Gasteiger partial charge is 0.391 e. The third-order valence-corrected chi connectivity index (χ3v) is 0.675. The van der Waals surface area contributed by atoms with Crippen molar-refractivity contribution in [2.75, 3.05) is 20.8 Å². The van der Waals surface area contributed by atoms with Crippen LogP contribution in [0.15, 0.2) is 0 Å². The first-order valence-corrected chi connectivity index (χ1v) is 2.01. The quantitative estimate of drug-likeness (QED) is 0.464. The molecule has 0 rings (SSSR count). The summed E-state index contributed by atoms with van der Waals surface area (Å²) in [6.45, 7) is -0.0903. The summed E-state index contributed by atoms with van der Waals surface area (Å²) in [4.78, 5) is 0. The molecule has 8 heavy (non-hydrogen) atoms. The third-order valence-electron chi connectivity index (χ3n) is 0.675. The van der Waals surface area contributed by atoms with Crippen molar-refractivity contribution in [3.8, 4) is 0 Å². The van der Waals surface area contributed by atoms with E-state index in [0.29, 0.717) is 0 Å². The molecule has 4 heteroatoms. The van der Waals surface area contributed by atoms with E-state index in [1.165, 1.54) is 14.2 Å². The average molecular weight is 172 g/mol.